The van der Waals surface area contributed by atoms with Crippen molar-refractivity contribution in [3.8, 4) is 5.75 Å². The lowest BCUT2D eigenvalue weighted by Gasteiger charge is -2.14. The van der Waals surface area contributed by atoms with Crippen LogP contribution in [0.5, 0.6) is 5.75 Å². The van der Waals surface area contributed by atoms with Crippen LogP contribution in [-0.2, 0) is 0 Å². The Hall–Kier alpha value is -4.30. The highest BCUT2D eigenvalue weighted by Crippen LogP contribution is 2.52. The Bertz CT molecular complexity index is 1520. The Balaban J connectivity index is 1.69. The minimum atomic E-state index is 0.863. The number of H-pyrrole nitrogens is 1. The molecule has 2 heteroatoms. The number of ether oxygens (including phenoxy) is 1. The van der Waals surface area contributed by atoms with E-state index in [0.29, 0.717) is 0 Å². The molecule has 0 amide bonds. The molecule has 0 radical (unpaired) electrons. The van der Waals surface area contributed by atoms with E-state index in [0.717, 1.165) is 17.7 Å². The number of aromatic amines is 1. The van der Waals surface area contributed by atoms with Gasteiger partial charge < -0.3 is 9.72 Å². The van der Waals surface area contributed by atoms with E-state index in [1.807, 2.05) is 6.07 Å². The van der Waals surface area contributed by atoms with Crippen LogP contribution in [0.2, 0.25) is 0 Å². The van der Waals surface area contributed by atoms with Crippen LogP contribution in [-0.4, -0.2) is 12.1 Å². The van der Waals surface area contributed by atoms with E-state index in [1.54, 1.807) is 7.11 Å². The Morgan fingerprint density at radius 1 is 0.618 bits per heavy atom. The van der Waals surface area contributed by atoms with Crippen molar-refractivity contribution in [2.75, 3.05) is 7.11 Å². The van der Waals surface area contributed by atoms with Crippen molar-refractivity contribution in [2.45, 2.75) is 6.42 Å². The fourth-order valence-corrected chi connectivity index (χ4v) is 5.08. The largest absolute Gasteiger partial charge is 0.497 e. The number of aromatic nitrogens is 1. The third-order valence-corrected chi connectivity index (χ3v) is 6.67. The third-order valence-electron chi connectivity index (χ3n) is 6.67. The molecule has 0 atom stereocenters. The minimum Gasteiger partial charge on any atom is -0.497 e. The highest BCUT2D eigenvalue weighted by Gasteiger charge is 2.29. The monoisotopic (exact) mass is 439 g/mol. The molecule has 164 valence electrons. The average Bonchev–Trinajstić information content (AvgIpc) is 3.51. The number of methoxy groups -OCH3 is 1. The Labute approximate surface area is 199 Å². The second-order valence-electron chi connectivity index (χ2n) is 8.60. The lowest BCUT2D eigenvalue weighted by Crippen LogP contribution is -1.92. The van der Waals surface area contributed by atoms with E-state index in [2.05, 4.69) is 114 Å². The van der Waals surface area contributed by atoms with Crippen LogP contribution in [0, 0.1) is 0 Å². The summed E-state index contributed by atoms with van der Waals surface area (Å²) in [5.41, 5.74) is 11.4. The summed E-state index contributed by atoms with van der Waals surface area (Å²) < 4.78 is 5.58. The first-order valence-electron chi connectivity index (χ1n) is 11.6. The van der Waals surface area contributed by atoms with Gasteiger partial charge in [0.25, 0.3) is 0 Å². The Morgan fingerprint density at radius 2 is 1.18 bits per heavy atom. The van der Waals surface area contributed by atoms with Crippen molar-refractivity contribution >= 4 is 33.2 Å². The Morgan fingerprint density at radius 3 is 1.76 bits per heavy atom. The van der Waals surface area contributed by atoms with Crippen molar-refractivity contribution < 1.29 is 4.74 Å². The fourth-order valence-electron chi connectivity index (χ4n) is 5.08. The van der Waals surface area contributed by atoms with Gasteiger partial charge in [0.1, 0.15) is 5.75 Å². The maximum absolute atomic E-state index is 5.58. The van der Waals surface area contributed by atoms with Crippen LogP contribution >= 0.6 is 0 Å². The molecule has 4 aromatic carbocycles. The molecule has 1 aromatic heterocycles. The van der Waals surface area contributed by atoms with Gasteiger partial charge in [-0.05, 0) is 63.6 Å². The molecular weight excluding hydrogens is 414 g/mol. The second kappa shape index (κ2) is 8.57. The highest BCUT2D eigenvalue weighted by atomic mass is 16.5. The van der Waals surface area contributed by atoms with E-state index >= 15 is 0 Å². The number of fused-ring (bicyclic) bond motifs is 1. The van der Waals surface area contributed by atoms with Gasteiger partial charge in [0.2, 0.25) is 0 Å². The van der Waals surface area contributed by atoms with Gasteiger partial charge in [0.15, 0.2) is 0 Å². The lowest BCUT2D eigenvalue weighted by atomic mass is 9.89. The summed E-state index contributed by atoms with van der Waals surface area (Å²) in [6, 6.07) is 38.6. The van der Waals surface area contributed by atoms with Gasteiger partial charge in [0, 0.05) is 22.7 Å². The zero-order valence-corrected chi connectivity index (χ0v) is 19.1. The molecule has 1 aliphatic carbocycles. The molecule has 6 rings (SSSR count). The number of benzene rings is 4. The van der Waals surface area contributed by atoms with Gasteiger partial charge in [-0.15, -0.1) is 0 Å². The number of nitrogens with one attached hydrogen (secondary N) is 1. The van der Waals surface area contributed by atoms with Crippen molar-refractivity contribution in [3.63, 3.8) is 0 Å². The molecule has 2 nitrogen and oxygen atoms in total. The van der Waals surface area contributed by atoms with Crippen LogP contribution < -0.4 is 4.74 Å². The van der Waals surface area contributed by atoms with Gasteiger partial charge >= 0.3 is 0 Å². The molecule has 0 bridgehead atoms. The van der Waals surface area contributed by atoms with Crippen molar-refractivity contribution in [1.29, 1.82) is 0 Å². The number of allylic oxidation sites excluding steroid dienone is 4. The summed E-state index contributed by atoms with van der Waals surface area (Å²) in [6.45, 7) is 0. The minimum absolute atomic E-state index is 0.863. The standard InChI is InChI=1S/C32H25NO/c1-34-25-17-18-30-28(19-25)29(21-33-30)32-27(23-13-7-3-8-14-23)20-26(22-11-5-2-6-12-22)31(32)24-15-9-4-10-16-24/h2-19,21,33H,20H2,1H3. The van der Waals surface area contributed by atoms with Gasteiger partial charge in [-0.2, -0.15) is 0 Å². The molecule has 0 aliphatic heterocycles. The van der Waals surface area contributed by atoms with Gasteiger partial charge in [-0.25, -0.2) is 0 Å². The molecule has 0 saturated carbocycles. The first kappa shape index (κ1) is 20.3. The SMILES string of the molecule is COc1ccc2[nH]cc(C3=C(c4ccccc4)CC(c4ccccc4)=C3c3ccccc3)c2c1. The molecule has 0 saturated heterocycles. The molecule has 1 N–H and O–H groups in total. The molecule has 0 unspecified atom stereocenters. The summed E-state index contributed by atoms with van der Waals surface area (Å²) in [5.74, 6) is 0.863. The van der Waals surface area contributed by atoms with E-state index in [1.165, 1.54) is 49.9 Å². The molecule has 0 spiro atoms. The maximum atomic E-state index is 5.58. The smallest absolute Gasteiger partial charge is 0.119 e. The molecular formula is C32H25NO. The predicted octanol–water partition coefficient (Wildman–Crippen LogP) is 8.10. The quantitative estimate of drug-likeness (QED) is 0.294. The molecule has 0 fully saturated rings. The second-order valence-corrected chi connectivity index (χ2v) is 8.60. The van der Waals surface area contributed by atoms with Crippen LogP contribution in [0.4, 0.5) is 0 Å². The normalized spacial score (nSPS) is 13.7. The van der Waals surface area contributed by atoms with E-state index < -0.39 is 0 Å². The highest BCUT2D eigenvalue weighted by molar-refractivity contribution is 6.29. The third kappa shape index (κ3) is 3.45. The number of rotatable bonds is 5. The lowest BCUT2D eigenvalue weighted by molar-refractivity contribution is 0.415. The first-order valence-corrected chi connectivity index (χ1v) is 11.6. The summed E-state index contributed by atoms with van der Waals surface area (Å²) in [5, 5.41) is 1.17. The Kier molecular flexibility index (Phi) is 5.12. The number of hydrogen-bond donors (Lipinski definition) is 1. The van der Waals surface area contributed by atoms with Crippen molar-refractivity contribution in [2.24, 2.45) is 0 Å². The molecule has 34 heavy (non-hydrogen) atoms. The first-order chi connectivity index (χ1) is 16.8. The topological polar surface area (TPSA) is 25.0 Å². The summed E-state index contributed by atoms with van der Waals surface area (Å²) in [4.78, 5) is 3.50. The van der Waals surface area contributed by atoms with Gasteiger partial charge in [0.05, 0.1) is 7.11 Å². The predicted molar refractivity (Wildman–Crippen MR) is 142 cm³/mol. The van der Waals surface area contributed by atoms with E-state index in [4.69, 9.17) is 4.74 Å². The molecule has 1 heterocycles. The van der Waals surface area contributed by atoms with Crippen LogP contribution in [0.25, 0.3) is 33.2 Å². The zero-order chi connectivity index (χ0) is 22.9. The van der Waals surface area contributed by atoms with Crippen LogP contribution in [0.15, 0.2) is 115 Å². The number of hydrogen-bond acceptors (Lipinski definition) is 1. The average molecular weight is 440 g/mol. The van der Waals surface area contributed by atoms with Crippen molar-refractivity contribution in [1.82, 2.24) is 4.98 Å². The van der Waals surface area contributed by atoms with Crippen LogP contribution in [0.3, 0.4) is 0 Å². The van der Waals surface area contributed by atoms with Crippen LogP contribution in [0.1, 0.15) is 28.7 Å². The van der Waals surface area contributed by atoms with E-state index in [-0.39, 0.29) is 0 Å². The zero-order valence-electron chi connectivity index (χ0n) is 19.1. The van der Waals surface area contributed by atoms with Gasteiger partial charge in [-0.3, -0.25) is 0 Å². The summed E-state index contributed by atoms with van der Waals surface area (Å²) in [7, 11) is 1.72. The summed E-state index contributed by atoms with van der Waals surface area (Å²) in [6.07, 6.45) is 3.03. The van der Waals surface area contributed by atoms with Crippen molar-refractivity contribution in [3.05, 3.63) is 138 Å². The van der Waals surface area contributed by atoms with E-state index in [9.17, 15) is 0 Å². The maximum Gasteiger partial charge on any atom is 0.119 e. The molecule has 1 aliphatic rings. The fraction of sp³-hybridized carbons (Fsp3) is 0.0625. The molecule has 5 aromatic rings. The van der Waals surface area contributed by atoms with Gasteiger partial charge in [-0.1, -0.05) is 91.0 Å². The summed E-state index contributed by atoms with van der Waals surface area (Å²) >= 11 is 0.